The van der Waals surface area contributed by atoms with Crippen LogP contribution in [0.2, 0.25) is 0 Å². The summed E-state index contributed by atoms with van der Waals surface area (Å²) in [5.74, 6) is 0.267. The molecule has 0 aromatic heterocycles. The number of amides is 3. The highest BCUT2D eigenvalue weighted by Crippen LogP contribution is 2.71. The van der Waals surface area contributed by atoms with Crippen LogP contribution in [-0.2, 0) is 20.8 Å². The molecule has 2 bridgehead atoms. The van der Waals surface area contributed by atoms with E-state index in [1.54, 1.807) is 0 Å². The molecule has 3 amide bonds. The number of anilines is 2. The zero-order chi connectivity index (χ0) is 29.4. The highest BCUT2D eigenvalue weighted by molar-refractivity contribution is 8.10. The summed E-state index contributed by atoms with van der Waals surface area (Å²) in [7, 11) is 0. The molecule has 3 aromatic carbocycles. The molecule has 3 aromatic rings. The van der Waals surface area contributed by atoms with E-state index in [1.165, 1.54) is 25.2 Å². The molecule has 1 saturated heterocycles. The zero-order valence-corrected chi connectivity index (χ0v) is 25.5. The van der Waals surface area contributed by atoms with Gasteiger partial charge in [-0.25, -0.2) is 0 Å². The summed E-state index contributed by atoms with van der Waals surface area (Å²) < 4.78 is 0. The van der Waals surface area contributed by atoms with Crippen molar-refractivity contribution >= 4 is 52.6 Å². The van der Waals surface area contributed by atoms with E-state index in [-0.39, 0.29) is 53.7 Å². The van der Waals surface area contributed by atoms with Gasteiger partial charge in [0.2, 0.25) is 17.7 Å². The molecule has 0 radical (unpaired) electrons. The highest BCUT2D eigenvalue weighted by Gasteiger charge is 2.69. The van der Waals surface area contributed by atoms with Crippen molar-refractivity contribution in [2.75, 3.05) is 10.2 Å². The first-order chi connectivity index (χ1) is 20.9. The number of benzene rings is 3. The largest absolute Gasteiger partial charge is 0.326 e. The molecule has 2 saturated carbocycles. The quantitative estimate of drug-likeness (QED) is 0.310. The van der Waals surface area contributed by atoms with Crippen LogP contribution in [0, 0.1) is 36.5 Å². The third-order valence-corrected chi connectivity index (χ3v) is 12.9. The summed E-state index contributed by atoms with van der Waals surface area (Å²) in [5.41, 5.74) is 4.65. The third-order valence-electron chi connectivity index (χ3n) is 10.0. The Morgan fingerprint density at radius 1 is 0.930 bits per heavy atom. The molecular weight excluding hydrogens is 573 g/mol. The molecule has 43 heavy (non-hydrogen) atoms. The minimum atomic E-state index is -0.262. The normalized spacial score (nSPS) is 30.5. The molecule has 1 N–H and O–H groups in total. The molecule has 0 spiro atoms. The van der Waals surface area contributed by atoms with Crippen molar-refractivity contribution in [3.05, 3.63) is 117 Å². The Morgan fingerprint density at radius 3 is 2.35 bits per heavy atom. The van der Waals surface area contributed by atoms with Crippen LogP contribution in [0.15, 0.2) is 100 Å². The summed E-state index contributed by atoms with van der Waals surface area (Å²) in [6.07, 6.45) is 2.08. The molecule has 5 nitrogen and oxygen atoms in total. The van der Waals surface area contributed by atoms with E-state index >= 15 is 0 Å². The van der Waals surface area contributed by atoms with E-state index in [2.05, 4.69) is 42.2 Å². The van der Waals surface area contributed by atoms with Crippen molar-refractivity contribution in [1.82, 2.24) is 0 Å². The summed E-state index contributed by atoms with van der Waals surface area (Å²) in [5, 5.41) is 3.27. The van der Waals surface area contributed by atoms with Crippen LogP contribution in [0.3, 0.4) is 0 Å². The van der Waals surface area contributed by atoms with E-state index in [9.17, 15) is 14.4 Å². The number of rotatable bonds is 5. The Morgan fingerprint density at radius 2 is 1.63 bits per heavy atom. The maximum absolute atomic E-state index is 14.1. The molecule has 2 aliphatic carbocycles. The third kappa shape index (κ3) is 4.34. The fraction of sp³-hybridized carbons (Fsp3) is 0.306. The molecule has 7 heteroatoms. The maximum Gasteiger partial charge on any atom is 0.238 e. The van der Waals surface area contributed by atoms with Gasteiger partial charge in [-0.1, -0.05) is 78.5 Å². The lowest BCUT2D eigenvalue weighted by molar-refractivity contribution is -0.123. The summed E-state index contributed by atoms with van der Waals surface area (Å²) in [6, 6.07) is 25.8. The predicted molar refractivity (Wildman–Crippen MR) is 173 cm³/mol. The van der Waals surface area contributed by atoms with Crippen LogP contribution >= 0.6 is 23.5 Å². The average Bonchev–Trinajstić information content (AvgIpc) is 3.74. The van der Waals surface area contributed by atoms with Gasteiger partial charge < -0.3 is 5.32 Å². The number of hydrogen-bond donors (Lipinski definition) is 1. The molecule has 3 heterocycles. The van der Waals surface area contributed by atoms with Crippen LogP contribution in [0.5, 0.6) is 0 Å². The number of allylic oxidation sites excluding steroid dienone is 3. The number of nitrogens with one attached hydrogen (secondary N) is 1. The lowest BCUT2D eigenvalue weighted by Gasteiger charge is -2.44. The van der Waals surface area contributed by atoms with E-state index < -0.39 is 0 Å². The molecule has 216 valence electrons. The predicted octanol–water partition coefficient (Wildman–Crippen LogP) is 7.31. The van der Waals surface area contributed by atoms with Crippen molar-refractivity contribution in [3.8, 4) is 0 Å². The van der Waals surface area contributed by atoms with E-state index in [1.807, 2.05) is 79.0 Å². The summed E-state index contributed by atoms with van der Waals surface area (Å²) in [6.45, 7) is 6.30. The molecule has 3 aliphatic heterocycles. The number of fused-ring (bicyclic) bond motifs is 8. The Labute approximate surface area is 260 Å². The van der Waals surface area contributed by atoms with Crippen LogP contribution in [0.4, 0.5) is 11.4 Å². The van der Waals surface area contributed by atoms with Crippen molar-refractivity contribution in [2.24, 2.45) is 29.6 Å². The first-order valence-electron chi connectivity index (χ1n) is 15.0. The van der Waals surface area contributed by atoms with Crippen LogP contribution < -0.4 is 10.2 Å². The minimum absolute atomic E-state index is 0.0485. The van der Waals surface area contributed by atoms with Gasteiger partial charge in [0, 0.05) is 33.1 Å². The molecule has 5 aliphatic rings. The average molecular weight is 605 g/mol. The van der Waals surface area contributed by atoms with Crippen LogP contribution in [0.1, 0.15) is 35.4 Å². The van der Waals surface area contributed by atoms with Crippen LogP contribution in [0.25, 0.3) is 0 Å². The Hall–Kier alpha value is -3.55. The van der Waals surface area contributed by atoms with Gasteiger partial charge >= 0.3 is 0 Å². The summed E-state index contributed by atoms with van der Waals surface area (Å²) in [4.78, 5) is 46.2. The maximum atomic E-state index is 14.1. The Bertz CT molecular complexity index is 1700. The molecule has 3 fully saturated rings. The Balaban J connectivity index is 1.03. The zero-order valence-electron chi connectivity index (χ0n) is 23.9. The second-order valence-electron chi connectivity index (χ2n) is 12.5. The Kier molecular flexibility index (Phi) is 6.46. The first kappa shape index (κ1) is 27.0. The number of thioether (sulfide) groups is 2. The van der Waals surface area contributed by atoms with Gasteiger partial charge in [0.1, 0.15) is 0 Å². The van der Waals surface area contributed by atoms with Crippen molar-refractivity contribution in [3.63, 3.8) is 0 Å². The van der Waals surface area contributed by atoms with Crippen LogP contribution in [-0.4, -0.2) is 23.0 Å². The van der Waals surface area contributed by atoms with Gasteiger partial charge in [0.25, 0.3) is 0 Å². The van der Waals surface area contributed by atoms with E-state index in [0.29, 0.717) is 16.9 Å². The second kappa shape index (κ2) is 10.3. The second-order valence-corrected chi connectivity index (χ2v) is 15.0. The van der Waals surface area contributed by atoms with E-state index in [0.717, 1.165) is 29.7 Å². The molecule has 7 unspecified atom stereocenters. The molecular formula is C36H32N2O3S2. The van der Waals surface area contributed by atoms with Gasteiger partial charge in [-0.2, -0.15) is 0 Å². The smallest absolute Gasteiger partial charge is 0.238 e. The van der Waals surface area contributed by atoms with Gasteiger partial charge in [-0.05, 0) is 71.4 Å². The molecule has 7 atom stereocenters. The highest BCUT2D eigenvalue weighted by atomic mass is 32.2. The van der Waals surface area contributed by atoms with E-state index in [4.69, 9.17) is 0 Å². The number of nitrogens with zero attached hydrogens (tertiary/aromatic N) is 1. The lowest BCUT2D eigenvalue weighted by Crippen LogP contribution is -2.42. The number of hydrogen-bond acceptors (Lipinski definition) is 5. The fourth-order valence-electron chi connectivity index (χ4n) is 8.36. The number of aryl methyl sites for hydroxylation is 1. The topological polar surface area (TPSA) is 66.5 Å². The van der Waals surface area contributed by atoms with Crippen molar-refractivity contribution in [2.45, 2.75) is 37.4 Å². The van der Waals surface area contributed by atoms with Gasteiger partial charge in [0.05, 0.1) is 23.9 Å². The lowest BCUT2D eigenvalue weighted by atomic mass is 9.68. The van der Waals surface area contributed by atoms with Crippen molar-refractivity contribution < 1.29 is 14.4 Å². The first-order valence-corrected chi connectivity index (χ1v) is 16.7. The molecule has 8 rings (SSSR count). The number of carbonyl (C=O) groups is 3. The fourth-order valence-corrected chi connectivity index (χ4v) is 11.7. The number of carbonyl (C=O) groups excluding carboxylic acids is 3. The number of imide groups is 1. The minimum Gasteiger partial charge on any atom is -0.326 e. The van der Waals surface area contributed by atoms with Gasteiger partial charge in [-0.3, -0.25) is 19.3 Å². The van der Waals surface area contributed by atoms with Gasteiger partial charge in [0.15, 0.2) is 0 Å². The standard InChI is InChI=1S/C36H32N2O3S2/c1-19-8-12-23(13-9-19)37-28(39)17-21-10-14-24(15-11-21)38-35(40)31-25-18-26(32(31)36(38)41)33-30(25)29(22-6-4-3-5-7-22)34-27(43-33)16-20(2)42-34/h3-15,25-26,29-33H,2,16-18H2,1H3,(H,37,39). The summed E-state index contributed by atoms with van der Waals surface area (Å²) >= 11 is 3.81. The monoisotopic (exact) mass is 604 g/mol. The SMILES string of the molecule is C=C1CC2=C(S1)C(c1ccccc1)C1C3CC(C1S2)C1C(=O)N(c2ccc(CC(=O)Nc4ccc(C)cc4)cc2)C(=O)C31. The van der Waals surface area contributed by atoms with Crippen molar-refractivity contribution in [1.29, 1.82) is 0 Å². The van der Waals surface area contributed by atoms with Gasteiger partial charge in [-0.15, -0.1) is 11.8 Å².